The van der Waals surface area contributed by atoms with E-state index in [0.29, 0.717) is 5.92 Å². The molecule has 0 aliphatic heterocycles. The Kier molecular flexibility index (Phi) is 7.91. The van der Waals surface area contributed by atoms with Gasteiger partial charge >= 0.3 is 0 Å². The summed E-state index contributed by atoms with van der Waals surface area (Å²) >= 11 is 0. The van der Waals surface area contributed by atoms with Crippen LogP contribution in [0.3, 0.4) is 0 Å². The molecule has 7 aromatic carbocycles. The van der Waals surface area contributed by atoms with Crippen LogP contribution in [0.25, 0.3) is 55.3 Å². The van der Waals surface area contributed by atoms with Gasteiger partial charge in [0.25, 0.3) is 0 Å². The molecule has 9 rings (SSSR count). The highest BCUT2D eigenvalue weighted by atomic mass is 15.2. The Hall–Kier alpha value is -6.38. The first kappa shape index (κ1) is 30.7. The topological polar surface area (TPSA) is 8.17 Å². The zero-order valence-corrected chi connectivity index (χ0v) is 28.6. The van der Waals surface area contributed by atoms with E-state index in [0.717, 1.165) is 5.69 Å². The van der Waals surface area contributed by atoms with E-state index >= 15 is 0 Å². The highest BCUT2D eigenvalue weighted by Gasteiger charge is 2.27. The second kappa shape index (κ2) is 13.2. The van der Waals surface area contributed by atoms with Gasteiger partial charge in [-0.3, -0.25) is 0 Å². The van der Waals surface area contributed by atoms with Crippen molar-refractivity contribution in [1.82, 2.24) is 4.57 Å². The lowest BCUT2D eigenvalue weighted by Gasteiger charge is -2.37. The smallest absolute Gasteiger partial charge is 0.0585 e. The Morgan fingerprint density at radius 2 is 0.980 bits per heavy atom. The third-order valence-electron chi connectivity index (χ3n) is 10.3. The molecule has 2 heteroatoms. The average molecular weight is 655 g/mol. The minimum Gasteiger partial charge on any atom is -0.334 e. The Balaban J connectivity index is 1.11. The lowest BCUT2D eigenvalue weighted by atomic mass is 9.88. The number of anilines is 2. The second-order valence-corrected chi connectivity index (χ2v) is 13.4. The molecule has 51 heavy (non-hydrogen) atoms. The van der Waals surface area contributed by atoms with Gasteiger partial charge in [0.1, 0.15) is 0 Å². The third-order valence-corrected chi connectivity index (χ3v) is 10.3. The number of para-hydroxylation sites is 2. The van der Waals surface area contributed by atoms with E-state index < -0.39 is 0 Å². The minimum atomic E-state index is 0.155. The SMILES string of the molecule is CC1C=C(c2ccccc2)C=CC1N(c1ccccc1)c1ccc2c3ccccc3n(-c3ccc(-c4ccc(-c5ccccc5)cc4)cc3)c2c1. The van der Waals surface area contributed by atoms with Gasteiger partial charge in [-0.05, 0) is 81.8 Å². The first-order valence-corrected chi connectivity index (χ1v) is 17.8. The zero-order chi connectivity index (χ0) is 34.1. The molecule has 1 aromatic heterocycles. The molecule has 0 fully saturated rings. The maximum atomic E-state index is 2.50. The van der Waals surface area contributed by atoms with Crippen molar-refractivity contribution in [3.63, 3.8) is 0 Å². The molecule has 0 radical (unpaired) electrons. The van der Waals surface area contributed by atoms with Crippen LogP contribution in [0.2, 0.25) is 0 Å². The molecule has 1 aliphatic carbocycles. The van der Waals surface area contributed by atoms with Crippen LogP contribution >= 0.6 is 0 Å². The molecule has 0 bridgehead atoms. The van der Waals surface area contributed by atoms with Crippen molar-refractivity contribution in [1.29, 1.82) is 0 Å². The molecule has 2 nitrogen and oxygen atoms in total. The van der Waals surface area contributed by atoms with Crippen molar-refractivity contribution in [2.75, 3.05) is 4.90 Å². The van der Waals surface area contributed by atoms with Crippen molar-refractivity contribution in [3.8, 4) is 27.9 Å². The molecular weight excluding hydrogens is 617 g/mol. The van der Waals surface area contributed by atoms with E-state index in [4.69, 9.17) is 0 Å². The summed E-state index contributed by atoms with van der Waals surface area (Å²) in [6.45, 7) is 2.33. The molecule has 8 aromatic rings. The summed E-state index contributed by atoms with van der Waals surface area (Å²) in [6.07, 6.45) is 7.09. The number of benzene rings is 7. The van der Waals surface area contributed by atoms with Crippen LogP contribution in [-0.2, 0) is 0 Å². The van der Waals surface area contributed by atoms with Crippen LogP contribution in [0.5, 0.6) is 0 Å². The molecule has 0 saturated heterocycles. The molecule has 0 spiro atoms. The quantitative estimate of drug-likeness (QED) is 0.166. The molecule has 0 saturated carbocycles. The Morgan fingerprint density at radius 3 is 1.63 bits per heavy atom. The highest BCUT2D eigenvalue weighted by Crippen LogP contribution is 2.40. The standard InChI is InChI=1S/C49H38N2/c1-35-33-41(37-15-7-3-8-16-37)27-32-47(35)50(42-17-9-4-10-18-42)44-30-31-46-45-19-11-12-20-48(45)51(49(46)34-44)43-28-25-40(26-29-43)39-23-21-38(22-24-39)36-13-5-2-6-14-36/h2-35,47H,1H3. The molecule has 1 heterocycles. The van der Waals surface area contributed by atoms with Crippen molar-refractivity contribution in [3.05, 3.63) is 206 Å². The fourth-order valence-electron chi connectivity index (χ4n) is 7.72. The maximum Gasteiger partial charge on any atom is 0.0585 e. The normalized spacial score (nSPS) is 15.6. The summed E-state index contributed by atoms with van der Waals surface area (Å²) in [5.41, 5.74) is 13.3. The second-order valence-electron chi connectivity index (χ2n) is 13.4. The molecular formula is C49H38N2. The largest absolute Gasteiger partial charge is 0.334 e. The fraction of sp³-hybridized carbons (Fsp3) is 0.0612. The molecule has 1 aliphatic rings. The van der Waals surface area contributed by atoms with Gasteiger partial charge in [0.05, 0.1) is 17.1 Å². The van der Waals surface area contributed by atoms with Crippen LogP contribution in [0.15, 0.2) is 200 Å². The van der Waals surface area contributed by atoms with E-state index in [9.17, 15) is 0 Å². The average Bonchev–Trinajstić information content (AvgIpc) is 3.53. The summed E-state index contributed by atoms with van der Waals surface area (Å²) in [4.78, 5) is 2.50. The maximum absolute atomic E-state index is 2.50. The molecule has 244 valence electrons. The van der Waals surface area contributed by atoms with Crippen molar-refractivity contribution in [2.24, 2.45) is 5.92 Å². The third kappa shape index (κ3) is 5.75. The van der Waals surface area contributed by atoms with Gasteiger partial charge < -0.3 is 9.47 Å². The predicted octanol–water partition coefficient (Wildman–Crippen LogP) is 12.9. The minimum absolute atomic E-state index is 0.155. The number of nitrogens with zero attached hydrogens (tertiary/aromatic N) is 2. The van der Waals surface area contributed by atoms with Crippen LogP contribution in [-0.4, -0.2) is 10.6 Å². The zero-order valence-electron chi connectivity index (χ0n) is 28.6. The summed E-state index contributed by atoms with van der Waals surface area (Å²) < 4.78 is 2.42. The van der Waals surface area contributed by atoms with Gasteiger partial charge in [-0.25, -0.2) is 0 Å². The molecule has 0 N–H and O–H groups in total. The van der Waals surface area contributed by atoms with E-state index in [2.05, 4.69) is 217 Å². The summed E-state index contributed by atoms with van der Waals surface area (Å²) in [5.74, 6) is 0.293. The highest BCUT2D eigenvalue weighted by molar-refractivity contribution is 6.10. The monoisotopic (exact) mass is 654 g/mol. The molecule has 2 atom stereocenters. The molecule has 0 amide bonds. The van der Waals surface area contributed by atoms with E-state index in [1.165, 1.54) is 66.6 Å². The molecule has 2 unspecified atom stereocenters. The fourth-order valence-corrected chi connectivity index (χ4v) is 7.72. The Labute approximate surface area is 299 Å². The van der Waals surface area contributed by atoms with Gasteiger partial charge in [-0.2, -0.15) is 0 Å². The number of rotatable bonds is 7. The van der Waals surface area contributed by atoms with Gasteiger partial charge in [0, 0.05) is 27.8 Å². The van der Waals surface area contributed by atoms with Gasteiger partial charge in [0.15, 0.2) is 0 Å². The number of hydrogen-bond acceptors (Lipinski definition) is 1. The van der Waals surface area contributed by atoms with Gasteiger partial charge in [-0.1, -0.05) is 165 Å². The summed E-state index contributed by atoms with van der Waals surface area (Å²) in [7, 11) is 0. The van der Waals surface area contributed by atoms with Crippen molar-refractivity contribution >= 4 is 38.8 Å². The first-order chi connectivity index (χ1) is 25.2. The predicted molar refractivity (Wildman–Crippen MR) is 217 cm³/mol. The number of hydrogen-bond donors (Lipinski definition) is 0. The van der Waals surface area contributed by atoms with E-state index in [1.807, 2.05) is 0 Å². The number of fused-ring (bicyclic) bond motifs is 3. The van der Waals surface area contributed by atoms with Crippen molar-refractivity contribution < 1.29 is 0 Å². The first-order valence-electron chi connectivity index (χ1n) is 17.8. The van der Waals surface area contributed by atoms with Crippen LogP contribution in [0, 0.1) is 5.92 Å². The Bertz CT molecular complexity index is 2510. The van der Waals surface area contributed by atoms with Crippen molar-refractivity contribution in [2.45, 2.75) is 13.0 Å². The summed E-state index contributed by atoms with van der Waals surface area (Å²) in [5, 5.41) is 2.51. The summed E-state index contributed by atoms with van der Waals surface area (Å²) in [6, 6.07) is 65.9. The van der Waals surface area contributed by atoms with Gasteiger partial charge in [0.2, 0.25) is 0 Å². The van der Waals surface area contributed by atoms with E-state index in [1.54, 1.807) is 0 Å². The van der Waals surface area contributed by atoms with E-state index in [-0.39, 0.29) is 6.04 Å². The van der Waals surface area contributed by atoms with Crippen LogP contribution in [0.4, 0.5) is 11.4 Å². The number of allylic oxidation sites excluding steroid dienone is 2. The van der Waals surface area contributed by atoms with Crippen LogP contribution in [0.1, 0.15) is 12.5 Å². The van der Waals surface area contributed by atoms with Crippen LogP contribution < -0.4 is 4.90 Å². The van der Waals surface area contributed by atoms with Gasteiger partial charge in [-0.15, -0.1) is 0 Å². The lowest BCUT2D eigenvalue weighted by molar-refractivity contribution is 0.611. The number of aromatic nitrogens is 1. The Morgan fingerprint density at radius 1 is 0.451 bits per heavy atom. The lowest BCUT2D eigenvalue weighted by Crippen LogP contribution is -2.35.